The Kier molecular flexibility index (Phi) is 3.81. The Morgan fingerprint density at radius 3 is 2.83 bits per heavy atom. The number of nitrogens with zero attached hydrogens (tertiary/aromatic N) is 2. The van der Waals surface area contributed by atoms with Gasteiger partial charge in [-0.15, -0.1) is 0 Å². The number of hydrogen-bond acceptors (Lipinski definition) is 3. The number of rotatable bonds is 2. The molecule has 5 nitrogen and oxygen atoms in total. The monoisotopic (exact) mass is 343 g/mol. The van der Waals surface area contributed by atoms with Crippen molar-refractivity contribution in [2.45, 2.75) is 25.7 Å². The maximum absolute atomic E-state index is 12.9. The molecule has 0 aliphatic carbocycles. The Bertz CT molecular complexity index is 891. The third-order valence-corrected chi connectivity index (χ3v) is 5.19. The van der Waals surface area contributed by atoms with Crippen LogP contribution in [0.4, 0.5) is 0 Å². The number of benzene rings is 1. The number of aryl methyl sites for hydroxylation is 1. The molecule has 1 aliphatic heterocycles. The van der Waals surface area contributed by atoms with Crippen molar-refractivity contribution in [3.8, 4) is 0 Å². The summed E-state index contributed by atoms with van der Waals surface area (Å²) in [6.07, 6.45) is 5.38. The van der Waals surface area contributed by atoms with Gasteiger partial charge in [-0.3, -0.25) is 9.89 Å². The van der Waals surface area contributed by atoms with Gasteiger partial charge in [-0.1, -0.05) is 11.6 Å². The lowest BCUT2D eigenvalue weighted by atomic mass is 9.89. The minimum absolute atomic E-state index is 0.0421. The highest BCUT2D eigenvalue weighted by molar-refractivity contribution is 6.35. The number of carbonyl (C=O) groups is 1. The van der Waals surface area contributed by atoms with Gasteiger partial charge in [0.15, 0.2) is 5.58 Å². The highest BCUT2D eigenvalue weighted by atomic mass is 35.5. The average Bonchev–Trinajstić information content (AvgIpc) is 3.24. The van der Waals surface area contributed by atoms with Crippen molar-refractivity contribution in [3.63, 3.8) is 0 Å². The van der Waals surface area contributed by atoms with Crippen molar-refractivity contribution in [1.82, 2.24) is 15.1 Å². The number of nitrogens with one attached hydrogen (secondary N) is 1. The molecule has 1 aromatic carbocycles. The summed E-state index contributed by atoms with van der Waals surface area (Å²) in [4.78, 5) is 14.8. The predicted molar refractivity (Wildman–Crippen MR) is 92.4 cm³/mol. The second-order valence-electron chi connectivity index (χ2n) is 6.28. The zero-order chi connectivity index (χ0) is 16.7. The van der Waals surface area contributed by atoms with E-state index in [9.17, 15) is 4.79 Å². The Balaban J connectivity index is 1.53. The SMILES string of the molecule is Cc1[nH]ncc1C1CCN(C(=O)c2ccc(Cl)c3occc23)CC1. The van der Waals surface area contributed by atoms with Crippen LogP contribution < -0.4 is 0 Å². The van der Waals surface area contributed by atoms with E-state index in [1.54, 1.807) is 24.5 Å². The van der Waals surface area contributed by atoms with Gasteiger partial charge in [0, 0.05) is 24.2 Å². The van der Waals surface area contributed by atoms with E-state index in [0.29, 0.717) is 22.1 Å². The summed E-state index contributed by atoms with van der Waals surface area (Å²) < 4.78 is 5.39. The van der Waals surface area contributed by atoms with Crippen LogP contribution >= 0.6 is 11.6 Å². The Labute approximate surface area is 144 Å². The fourth-order valence-electron chi connectivity index (χ4n) is 3.55. The van der Waals surface area contributed by atoms with Crippen molar-refractivity contribution < 1.29 is 9.21 Å². The van der Waals surface area contributed by atoms with E-state index in [-0.39, 0.29) is 5.91 Å². The molecule has 0 unspecified atom stereocenters. The third kappa shape index (κ3) is 2.49. The molecule has 1 amide bonds. The van der Waals surface area contributed by atoms with Crippen molar-refractivity contribution in [2.24, 2.45) is 0 Å². The summed E-state index contributed by atoms with van der Waals surface area (Å²) in [6, 6.07) is 5.31. The van der Waals surface area contributed by atoms with Gasteiger partial charge < -0.3 is 9.32 Å². The van der Waals surface area contributed by atoms with Crippen LogP contribution in [0, 0.1) is 6.92 Å². The van der Waals surface area contributed by atoms with E-state index in [0.717, 1.165) is 37.0 Å². The molecule has 0 atom stereocenters. The number of furan rings is 1. The summed E-state index contributed by atoms with van der Waals surface area (Å²) in [5.74, 6) is 0.507. The number of amides is 1. The van der Waals surface area contributed by atoms with E-state index < -0.39 is 0 Å². The minimum Gasteiger partial charge on any atom is -0.463 e. The van der Waals surface area contributed by atoms with Gasteiger partial charge in [-0.05, 0) is 49.4 Å². The molecule has 1 aliphatic rings. The Hall–Kier alpha value is -2.27. The first-order chi connectivity index (χ1) is 11.6. The molecule has 1 saturated heterocycles. The second kappa shape index (κ2) is 5.98. The van der Waals surface area contributed by atoms with Crippen molar-refractivity contribution in [3.05, 3.63) is 52.5 Å². The maximum atomic E-state index is 12.9. The lowest BCUT2D eigenvalue weighted by molar-refractivity contribution is 0.0715. The molecule has 0 radical (unpaired) electrons. The molecule has 2 aromatic heterocycles. The molecule has 3 heterocycles. The van der Waals surface area contributed by atoms with Crippen molar-refractivity contribution in [2.75, 3.05) is 13.1 Å². The predicted octanol–water partition coefficient (Wildman–Crippen LogP) is 4.14. The zero-order valence-electron chi connectivity index (χ0n) is 13.4. The number of aromatic amines is 1. The number of carbonyl (C=O) groups excluding carboxylic acids is 1. The Morgan fingerprint density at radius 1 is 1.33 bits per heavy atom. The van der Waals surface area contributed by atoms with Crippen LogP contribution in [0.15, 0.2) is 35.1 Å². The number of aromatic nitrogens is 2. The van der Waals surface area contributed by atoms with Gasteiger partial charge in [0.05, 0.1) is 23.0 Å². The van der Waals surface area contributed by atoms with Crippen LogP contribution in [0.2, 0.25) is 5.02 Å². The van der Waals surface area contributed by atoms with Crippen LogP contribution in [-0.4, -0.2) is 34.1 Å². The molecular weight excluding hydrogens is 326 g/mol. The van der Waals surface area contributed by atoms with Crippen LogP contribution in [0.5, 0.6) is 0 Å². The molecule has 1 fully saturated rings. The third-order valence-electron chi connectivity index (χ3n) is 4.89. The molecule has 0 bridgehead atoms. The summed E-state index contributed by atoms with van der Waals surface area (Å²) in [5.41, 5.74) is 3.62. The first-order valence-corrected chi connectivity index (χ1v) is 8.48. The number of likely N-dealkylation sites (tertiary alicyclic amines) is 1. The standard InChI is InChI=1S/C18H18ClN3O2/c1-11-15(10-20-21-11)12-4-7-22(8-5-12)18(23)14-2-3-16(19)17-13(14)6-9-24-17/h2-3,6,9-10,12H,4-5,7-8H2,1H3,(H,20,21). The molecule has 24 heavy (non-hydrogen) atoms. The lowest BCUT2D eigenvalue weighted by Crippen LogP contribution is -2.38. The van der Waals surface area contributed by atoms with Crippen LogP contribution in [0.25, 0.3) is 11.0 Å². The van der Waals surface area contributed by atoms with Crippen LogP contribution in [0.1, 0.15) is 40.4 Å². The van der Waals surface area contributed by atoms with Crippen molar-refractivity contribution in [1.29, 1.82) is 0 Å². The number of piperidine rings is 1. The number of H-pyrrole nitrogens is 1. The number of fused-ring (bicyclic) bond motifs is 1. The second-order valence-corrected chi connectivity index (χ2v) is 6.68. The molecule has 0 saturated carbocycles. The van der Waals surface area contributed by atoms with E-state index in [4.69, 9.17) is 16.0 Å². The highest BCUT2D eigenvalue weighted by Crippen LogP contribution is 2.32. The Morgan fingerprint density at radius 2 is 2.12 bits per heavy atom. The first kappa shape index (κ1) is 15.3. The van der Waals surface area contributed by atoms with Crippen LogP contribution in [0.3, 0.4) is 0 Å². The molecule has 0 spiro atoms. The van der Waals surface area contributed by atoms with Gasteiger partial charge in [0.1, 0.15) is 0 Å². The maximum Gasteiger partial charge on any atom is 0.254 e. The molecule has 124 valence electrons. The van der Waals surface area contributed by atoms with E-state index in [1.807, 2.05) is 18.0 Å². The van der Waals surface area contributed by atoms with E-state index in [2.05, 4.69) is 10.2 Å². The van der Waals surface area contributed by atoms with Gasteiger partial charge in [0.25, 0.3) is 5.91 Å². The minimum atomic E-state index is 0.0421. The van der Waals surface area contributed by atoms with E-state index >= 15 is 0 Å². The lowest BCUT2D eigenvalue weighted by Gasteiger charge is -2.32. The normalized spacial score (nSPS) is 16.0. The fraction of sp³-hybridized carbons (Fsp3) is 0.333. The first-order valence-electron chi connectivity index (χ1n) is 8.10. The fourth-order valence-corrected chi connectivity index (χ4v) is 3.76. The van der Waals surface area contributed by atoms with E-state index in [1.165, 1.54) is 5.56 Å². The number of hydrogen-bond donors (Lipinski definition) is 1. The molecule has 1 N–H and O–H groups in total. The summed E-state index contributed by atoms with van der Waals surface area (Å²) >= 11 is 6.12. The number of halogens is 1. The quantitative estimate of drug-likeness (QED) is 0.760. The average molecular weight is 344 g/mol. The van der Waals surface area contributed by atoms with Gasteiger partial charge in [-0.25, -0.2) is 0 Å². The van der Waals surface area contributed by atoms with Crippen LogP contribution in [-0.2, 0) is 0 Å². The summed E-state index contributed by atoms with van der Waals surface area (Å²) in [5, 5.41) is 8.41. The summed E-state index contributed by atoms with van der Waals surface area (Å²) in [7, 11) is 0. The van der Waals surface area contributed by atoms with Gasteiger partial charge >= 0.3 is 0 Å². The van der Waals surface area contributed by atoms with Gasteiger partial charge in [0.2, 0.25) is 0 Å². The molecule has 3 aromatic rings. The summed E-state index contributed by atoms with van der Waals surface area (Å²) in [6.45, 7) is 3.54. The smallest absolute Gasteiger partial charge is 0.254 e. The zero-order valence-corrected chi connectivity index (χ0v) is 14.1. The topological polar surface area (TPSA) is 62.1 Å². The molecular formula is C18H18ClN3O2. The highest BCUT2D eigenvalue weighted by Gasteiger charge is 2.27. The van der Waals surface area contributed by atoms with Gasteiger partial charge in [-0.2, -0.15) is 5.10 Å². The largest absolute Gasteiger partial charge is 0.463 e. The van der Waals surface area contributed by atoms with Crippen molar-refractivity contribution >= 4 is 28.5 Å². The molecule has 4 rings (SSSR count). The molecule has 6 heteroatoms.